The Bertz CT molecular complexity index is 645. The average molecular weight is 346 g/mol. The molecule has 3 rings (SSSR count). The molecule has 1 aliphatic heterocycles. The summed E-state index contributed by atoms with van der Waals surface area (Å²) in [5.41, 5.74) is 1.13. The van der Waals surface area contributed by atoms with Crippen LogP contribution in [0.25, 0.3) is 0 Å². The van der Waals surface area contributed by atoms with Crippen molar-refractivity contribution in [2.24, 2.45) is 5.92 Å². The molecule has 0 saturated carbocycles. The number of amides is 1. The van der Waals surface area contributed by atoms with E-state index in [0.717, 1.165) is 43.2 Å². The fourth-order valence-electron chi connectivity index (χ4n) is 2.98. The molecule has 2 aromatic rings. The number of carbonyl (C=O) groups is 1. The third-order valence-electron chi connectivity index (χ3n) is 4.17. The molecular weight excluding hydrogens is 324 g/mol. The first-order valence-electron chi connectivity index (χ1n) is 8.13. The maximum Gasteiger partial charge on any atom is 0.286 e. The normalized spacial score (nSPS) is 18.5. The highest BCUT2D eigenvalue weighted by molar-refractivity contribution is 7.98. The van der Waals surface area contributed by atoms with Crippen molar-refractivity contribution in [3.63, 3.8) is 0 Å². The van der Waals surface area contributed by atoms with E-state index in [2.05, 4.69) is 20.2 Å². The van der Waals surface area contributed by atoms with Gasteiger partial charge in [0.15, 0.2) is 10.9 Å². The number of carbonyl (C=O) groups excluding carboxylic acids is 1. The van der Waals surface area contributed by atoms with Gasteiger partial charge in [-0.1, -0.05) is 11.8 Å². The topological polar surface area (TPSA) is 71.3 Å². The fourth-order valence-corrected chi connectivity index (χ4v) is 3.30. The monoisotopic (exact) mass is 346 g/mol. The minimum Gasteiger partial charge on any atom is -0.459 e. The highest BCUT2D eigenvalue weighted by atomic mass is 32.2. The second-order valence-corrected chi connectivity index (χ2v) is 6.78. The van der Waals surface area contributed by atoms with E-state index in [1.165, 1.54) is 6.26 Å². The van der Waals surface area contributed by atoms with Crippen molar-refractivity contribution in [2.75, 3.05) is 25.9 Å². The number of piperidine rings is 1. The number of nitrogens with one attached hydrogen (secondary N) is 1. The minimum atomic E-state index is -0.141. The molecule has 0 unspecified atom stereocenters. The zero-order valence-corrected chi connectivity index (χ0v) is 14.6. The predicted molar refractivity (Wildman–Crippen MR) is 92.9 cm³/mol. The van der Waals surface area contributed by atoms with Crippen molar-refractivity contribution in [3.05, 3.63) is 42.1 Å². The van der Waals surface area contributed by atoms with Gasteiger partial charge in [-0.3, -0.25) is 9.69 Å². The van der Waals surface area contributed by atoms with Gasteiger partial charge >= 0.3 is 0 Å². The maximum absolute atomic E-state index is 11.9. The number of aromatic nitrogens is 2. The highest BCUT2D eigenvalue weighted by Gasteiger charge is 2.21. The van der Waals surface area contributed by atoms with E-state index in [1.54, 1.807) is 23.9 Å². The summed E-state index contributed by atoms with van der Waals surface area (Å²) in [4.78, 5) is 23.0. The van der Waals surface area contributed by atoms with Crippen LogP contribution in [0.15, 0.2) is 40.4 Å². The number of furan rings is 1. The molecule has 1 N–H and O–H groups in total. The molecule has 0 radical (unpaired) electrons. The molecule has 128 valence electrons. The molecule has 0 spiro atoms. The second kappa shape index (κ2) is 8.30. The Kier molecular flexibility index (Phi) is 5.87. The number of thioether (sulfide) groups is 1. The third-order valence-corrected chi connectivity index (χ3v) is 4.75. The van der Waals surface area contributed by atoms with E-state index in [9.17, 15) is 4.79 Å². The number of rotatable bonds is 6. The minimum absolute atomic E-state index is 0.141. The van der Waals surface area contributed by atoms with Crippen molar-refractivity contribution in [2.45, 2.75) is 24.5 Å². The zero-order chi connectivity index (χ0) is 16.8. The van der Waals surface area contributed by atoms with Crippen LogP contribution in [0.1, 0.15) is 29.0 Å². The van der Waals surface area contributed by atoms with Gasteiger partial charge in [-0.25, -0.2) is 9.97 Å². The van der Waals surface area contributed by atoms with Crippen LogP contribution in [0.5, 0.6) is 0 Å². The molecule has 0 bridgehead atoms. The molecule has 7 heteroatoms. The Morgan fingerprint density at radius 1 is 1.46 bits per heavy atom. The van der Waals surface area contributed by atoms with Gasteiger partial charge in [0.25, 0.3) is 5.91 Å². The Balaban J connectivity index is 1.47. The summed E-state index contributed by atoms with van der Waals surface area (Å²) >= 11 is 1.55. The van der Waals surface area contributed by atoms with Gasteiger partial charge in [-0.05, 0) is 43.7 Å². The van der Waals surface area contributed by atoms with Crippen LogP contribution in [0.2, 0.25) is 0 Å². The SMILES string of the molecule is CSc1ncc(CN2CCC[C@H](CNC(=O)c3ccco3)C2)cn1. The van der Waals surface area contributed by atoms with E-state index in [0.29, 0.717) is 18.2 Å². The highest BCUT2D eigenvalue weighted by Crippen LogP contribution is 2.18. The van der Waals surface area contributed by atoms with Crippen LogP contribution >= 0.6 is 11.8 Å². The average Bonchev–Trinajstić information content (AvgIpc) is 3.15. The van der Waals surface area contributed by atoms with E-state index < -0.39 is 0 Å². The lowest BCUT2D eigenvalue weighted by atomic mass is 9.97. The number of nitrogens with zero attached hydrogens (tertiary/aromatic N) is 3. The predicted octanol–water partition coefficient (Wildman–Crippen LogP) is 2.43. The molecule has 1 amide bonds. The summed E-state index contributed by atoms with van der Waals surface area (Å²) in [5, 5.41) is 3.77. The first-order valence-corrected chi connectivity index (χ1v) is 9.36. The zero-order valence-electron chi connectivity index (χ0n) is 13.8. The number of hydrogen-bond acceptors (Lipinski definition) is 6. The molecule has 1 aliphatic rings. The molecule has 1 atom stereocenters. The van der Waals surface area contributed by atoms with Gasteiger partial charge in [-0.2, -0.15) is 0 Å². The lowest BCUT2D eigenvalue weighted by Gasteiger charge is -2.32. The van der Waals surface area contributed by atoms with Gasteiger partial charge in [0, 0.05) is 37.6 Å². The van der Waals surface area contributed by atoms with Crippen LogP contribution < -0.4 is 5.32 Å². The number of likely N-dealkylation sites (tertiary alicyclic amines) is 1. The van der Waals surface area contributed by atoms with Crippen molar-refractivity contribution in [1.82, 2.24) is 20.2 Å². The Labute approximate surface area is 146 Å². The van der Waals surface area contributed by atoms with E-state index in [-0.39, 0.29) is 5.91 Å². The summed E-state index contributed by atoms with van der Waals surface area (Å²) in [6.45, 7) is 3.59. The molecule has 0 aliphatic carbocycles. The first kappa shape index (κ1) is 17.0. The Morgan fingerprint density at radius 3 is 3.00 bits per heavy atom. The standard InChI is InChI=1S/C17H22N4O2S/c1-24-17-19-9-14(10-20-17)12-21-6-2-4-13(11-21)8-18-16(22)15-5-3-7-23-15/h3,5,7,9-10,13H,2,4,6,8,11-12H2,1H3,(H,18,22)/t13-/m1/s1. The first-order chi connectivity index (χ1) is 11.7. The van der Waals surface area contributed by atoms with Crippen LogP contribution in [-0.2, 0) is 6.54 Å². The van der Waals surface area contributed by atoms with E-state index >= 15 is 0 Å². The Hall–Kier alpha value is -1.86. The lowest BCUT2D eigenvalue weighted by molar-refractivity contribution is 0.0903. The molecule has 0 aromatic carbocycles. The second-order valence-electron chi connectivity index (χ2n) is 6.01. The molecule has 1 fully saturated rings. The summed E-state index contributed by atoms with van der Waals surface area (Å²) in [6.07, 6.45) is 9.58. The smallest absolute Gasteiger partial charge is 0.286 e. The number of hydrogen-bond donors (Lipinski definition) is 1. The van der Waals surface area contributed by atoms with Crippen molar-refractivity contribution in [1.29, 1.82) is 0 Å². The molecular formula is C17H22N4O2S. The van der Waals surface area contributed by atoms with Crippen molar-refractivity contribution < 1.29 is 9.21 Å². The van der Waals surface area contributed by atoms with Gasteiger partial charge in [0.2, 0.25) is 0 Å². The van der Waals surface area contributed by atoms with Gasteiger partial charge in [0.05, 0.1) is 6.26 Å². The molecule has 24 heavy (non-hydrogen) atoms. The molecule has 3 heterocycles. The summed E-state index contributed by atoms with van der Waals surface area (Å²) in [5.74, 6) is 0.691. The van der Waals surface area contributed by atoms with Gasteiger partial charge in [0.1, 0.15) is 0 Å². The van der Waals surface area contributed by atoms with E-state index in [4.69, 9.17) is 4.42 Å². The summed E-state index contributed by atoms with van der Waals surface area (Å²) < 4.78 is 5.12. The molecule has 2 aromatic heterocycles. The Morgan fingerprint density at radius 2 is 2.29 bits per heavy atom. The third kappa shape index (κ3) is 4.58. The summed E-state index contributed by atoms with van der Waals surface area (Å²) in [6, 6.07) is 3.41. The quantitative estimate of drug-likeness (QED) is 0.640. The van der Waals surface area contributed by atoms with Gasteiger partial charge in [-0.15, -0.1) is 0 Å². The van der Waals surface area contributed by atoms with Crippen LogP contribution in [-0.4, -0.2) is 46.7 Å². The summed E-state index contributed by atoms with van der Waals surface area (Å²) in [7, 11) is 0. The van der Waals surface area contributed by atoms with Crippen LogP contribution in [0.3, 0.4) is 0 Å². The largest absolute Gasteiger partial charge is 0.459 e. The lowest BCUT2D eigenvalue weighted by Crippen LogP contribution is -2.40. The van der Waals surface area contributed by atoms with Crippen LogP contribution in [0.4, 0.5) is 0 Å². The van der Waals surface area contributed by atoms with Crippen molar-refractivity contribution >= 4 is 17.7 Å². The molecule has 6 nitrogen and oxygen atoms in total. The van der Waals surface area contributed by atoms with Gasteiger partial charge < -0.3 is 9.73 Å². The van der Waals surface area contributed by atoms with E-state index in [1.807, 2.05) is 18.6 Å². The van der Waals surface area contributed by atoms with Crippen LogP contribution in [0, 0.1) is 5.92 Å². The maximum atomic E-state index is 11.9. The fraction of sp³-hybridized carbons (Fsp3) is 0.471. The molecule has 1 saturated heterocycles. The van der Waals surface area contributed by atoms with Crippen molar-refractivity contribution in [3.8, 4) is 0 Å².